The lowest BCUT2D eigenvalue weighted by molar-refractivity contribution is -0.142. The molecule has 0 radical (unpaired) electrons. The molecule has 140 valence electrons. The maximum absolute atomic E-state index is 12.6. The fourth-order valence-electron chi connectivity index (χ4n) is 2.88. The third-order valence-corrected chi connectivity index (χ3v) is 6.52. The van der Waals surface area contributed by atoms with Crippen molar-refractivity contribution in [3.63, 3.8) is 0 Å². The Morgan fingerprint density at radius 1 is 1.07 bits per heavy atom. The van der Waals surface area contributed by atoms with E-state index in [-0.39, 0.29) is 5.97 Å². The van der Waals surface area contributed by atoms with Crippen LogP contribution in [-0.2, 0) is 9.53 Å². The second kappa shape index (κ2) is 8.54. The molecule has 4 nitrogen and oxygen atoms in total. The molecule has 4 aromatic rings. The normalized spacial score (nSPS) is 12.0. The SMILES string of the molecule is CCOC(=O)[C@@H](Sc1ncnc2sc(-c3ccccc3)cc12)c1ccccc1. The number of aromatic nitrogens is 2. The van der Waals surface area contributed by atoms with E-state index in [9.17, 15) is 4.79 Å². The Bertz CT molecular complexity index is 1080. The number of ether oxygens (including phenoxy) is 1. The van der Waals surface area contributed by atoms with E-state index in [0.29, 0.717) is 6.61 Å². The number of fused-ring (bicyclic) bond motifs is 1. The fraction of sp³-hybridized carbons (Fsp3) is 0.136. The number of rotatable bonds is 6. The van der Waals surface area contributed by atoms with Gasteiger partial charge in [0.2, 0.25) is 0 Å². The third-order valence-electron chi connectivity index (χ3n) is 4.18. The highest BCUT2D eigenvalue weighted by Crippen LogP contribution is 2.41. The third kappa shape index (κ3) is 3.93. The number of carbonyl (C=O) groups is 1. The Balaban J connectivity index is 1.73. The van der Waals surface area contributed by atoms with Crippen LogP contribution in [0.5, 0.6) is 0 Å². The van der Waals surface area contributed by atoms with Crippen LogP contribution >= 0.6 is 23.1 Å². The first kappa shape index (κ1) is 18.7. The summed E-state index contributed by atoms with van der Waals surface area (Å²) >= 11 is 3.03. The zero-order valence-corrected chi connectivity index (χ0v) is 16.9. The lowest BCUT2D eigenvalue weighted by atomic mass is 10.1. The summed E-state index contributed by atoms with van der Waals surface area (Å²) in [6.45, 7) is 2.16. The standard InChI is InChI=1S/C22H18N2O2S2/c1-2-26-22(25)19(16-11-7-4-8-12-16)28-21-17-13-18(15-9-5-3-6-10-15)27-20(17)23-14-24-21/h3-14,19H,2H2,1H3/t19-/m0/s1. The molecule has 0 fully saturated rings. The summed E-state index contributed by atoms with van der Waals surface area (Å²) in [5, 5.41) is 1.27. The highest BCUT2D eigenvalue weighted by molar-refractivity contribution is 8.00. The van der Waals surface area contributed by atoms with E-state index in [1.165, 1.54) is 11.8 Å². The van der Waals surface area contributed by atoms with Crippen LogP contribution in [-0.4, -0.2) is 22.5 Å². The molecule has 0 bridgehead atoms. The largest absolute Gasteiger partial charge is 0.465 e. The Kier molecular flexibility index (Phi) is 5.69. The van der Waals surface area contributed by atoms with Crippen LogP contribution in [0.1, 0.15) is 17.7 Å². The molecule has 0 saturated heterocycles. The Hall–Kier alpha value is -2.70. The summed E-state index contributed by atoms with van der Waals surface area (Å²) in [6.07, 6.45) is 1.56. The van der Waals surface area contributed by atoms with Gasteiger partial charge in [-0.05, 0) is 24.1 Å². The first-order chi connectivity index (χ1) is 13.8. The van der Waals surface area contributed by atoms with Gasteiger partial charge in [0.25, 0.3) is 0 Å². The first-order valence-corrected chi connectivity index (χ1v) is 10.6. The second-order valence-electron chi connectivity index (χ2n) is 6.03. The molecule has 2 aromatic carbocycles. The van der Waals surface area contributed by atoms with Crippen LogP contribution in [0.2, 0.25) is 0 Å². The number of nitrogens with zero attached hydrogens (tertiary/aromatic N) is 2. The summed E-state index contributed by atoms with van der Waals surface area (Å²) in [4.78, 5) is 23.6. The van der Waals surface area contributed by atoms with Gasteiger partial charge in [-0.25, -0.2) is 9.97 Å². The van der Waals surface area contributed by atoms with E-state index in [4.69, 9.17) is 4.74 Å². The molecule has 0 saturated carbocycles. The van der Waals surface area contributed by atoms with E-state index in [1.54, 1.807) is 17.7 Å². The van der Waals surface area contributed by atoms with Crippen LogP contribution in [0.15, 0.2) is 78.1 Å². The van der Waals surface area contributed by atoms with Crippen molar-refractivity contribution in [2.75, 3.05) is 6.61 Å². The number of carbonyl (C=O) groups excluding carboxylic acids is 1. The number of hydrogen-bond acceptors (Lipinski definition) is 6. The van der Waals surface area contributed by atoms with Gasteiger partial charge in [-0.1, -0.05) is 72.4 Å². The van der Waals surface area contributed by atoms with Crippen molar-refractivity contribution >= 4 is 39.3 Å². The molecular weight excluding hydrogens is 388 g/mol. The van der Waals surface area contributed by atoms with Crippen molar-refractivity contribution in [3.8, 4) is 10.4 Å². The van der Waals surface area contributed by atoms with Crippen molar-refractivity contribution in [1.29, 1.82) is 0 Å². The number of hydrogen-bond donors (Lipinski definition) is 0. The molecular formula is C22H18N2O2S2. The number of thioether (sulfide) groups is 1. The van der Waals surface area contributed by atoms with Gasteiger partial charge in [0.15, 0.2) is 0 Å². The molecule has 2 heterocycles. The van der Waals surface area contributed by atoms with E-state index >= 15 is 0 Å². The molecule has 0 N–H and O–H groups in total. The Morgan fingerprint density at radius 3 is 2.50 bits per heavy atom. The average molecular weight is 407 g/mol. The number of esters is 1. The minimum Gasteiger partial charge on any atom is -0.465 e. The van der Waals surface area contributed by atoms with Gasteiger partial charge < -0.3 is 4.74 Å². The second-order valence-corrected chi connectivity index (χ2v) is 8.16. The summed E-state index contributed by atoms with van der Waals surface area (Å²) in [5.41, 5.74) is 2.04. The maximum atomic E-state index is 12.6. The summed E-state index contributed by atoms with van der Waals surface area (Å²) < 4.78 is 5.32. The maximum Gasteiger partial charge on any atom is 0.324 e. The monoisotopic (exact) mass is 406 g/mol. The van der Waals surface area contributed by atoms with E-state index in [1.807, 2.05) is 55.5 Å². The highest BCUT2D eigenvalue weighted by atomic mass is 32.2. The van der Waals surface area contributed by atoms with Crippen molar-refractivity contribution in [1.82, 2.24) is 9.97 Å². The van der Waals surface area contributed by atoms with Crippen molar-refractivity contribution < 1.29 is 9.53 Å². The number of benzene rings is 2. The molecule has 0 amide bonds. The van der Waals surface area contributed by atoms with Gasteiger partial charge in [-0.2, -0.15) is 0 Å². The summed E-state index contributed by atoms with van der Waals surface area (Å²) in [5.74, 6) is -0.260. The Morgan fingerprint density at radius 2 is 1.79 bits per heavy atom. The molecule has 0 spiro atoms. The van der Waals surface area contributed by atoms with E-state index in [2.05, 4.69) is 28.2 Å². The van der Waals surface area contributed by atoms with Gasteiger partial charge in [0.1, 0.15) is 21.4 Å². The molecule has 4 rings (SSSR count). The van der Waals surface area contributed by atoms with Crippen LogP contribution < -0.4 is 0 Å². The van der Waals surface area contributed by atoms with Crippen LogP contribution in [0.4, 0.5) is 0 Å². The van der Waals surface area contributed by atoms with Crippen molar-refractivity contribution in [2.45, 2.75) is 17.2 Å². The lowest BCUT2D eigenvalue weighted by Gasteiger charge is -2.15. The molecule has 0 unspecified atom stereocenters. The predicted octanol–water partition coefficient (Wildman–Crippen LogP) is 5.75. The highest BCUT2D eigenvalue weighted by Gasteiger charge is 2.25. The zero-order chi connectivity index (χ0) is 19.3. The summed E-state index contributed by atoms with van der Waals surface area (Å²) in [7, 11) is 0. The van der Waals surface area contributed by atoms with Gasteiger partial charge in [-0.3, -0.25) is 4.79 Å². The fourth-order valence-corrected chi connectivity index (χ4v) is 5.02. The first-order valence-electron chi connectivity index (χ1n) is 8.94. The van der Waals surface area contributed by atoms with Gasteiger partial charge >= 0.3 is 5.97 Å². The minimum atomic E-state index is -0.473. The lowest BCUT2D eigenvalue weighted by Crippen LogP contribution is -2.13. The van der Waals surface area contributed by atoms with Gasteiger partial charge in [-0.15, -0.1) is 11.3 Å². The van der Waals surface area contributed by atoms with E-state index < -0.39 is 5.25 Å². The zero-order valence-electron chi connectivity index (χ0n) is 15.2. The van der Waals surface area contributed by atoms with E-state index in [0.717, 1.165) is 31.2 Å². The topological polar surface area (TPSA) is 52.1 Å². The van der Waals surface area contributed by atoms with Gasteiger partial charge in [0, 0.05) is 10.3 Å². The quantitative estimate of drug-likeness (QED) is 0.232. The average Bonchev–Trinajstić information content (AvgIpc) is 3.18. The van der Waals surface area contributed by atoms with Crippen LogP contribution in [0.3, 0.4) is 0 Å². The van der Waals surface area contributed by atoms with Crippen molar-refractivity contribution in [2.24, 2.45) is 0 Å². The molecule has 2 aromatic heterocycles. The molecule has 28 heavy (non-hydrogen) atoms. The molecule has 0 aliphatic rings. The van der Waals surface area contributed by atoms with Crippen molar-refractivity contribution in [3.05, 3.63) is 78.6 Å². The summed E-state index contributed by atoms with van der Waals surface area (Å²) in [6, 6.07) is 22.0. The molecule has 6 heteroatoms. The minimum absolute atomic E-state index is 0.260. The molecule has 0 aliphatic carbocycles. The predicted molar refractivity (Wildman–Crippen MR) is 115 cm³/mol. The molecule has 0 aliphatic heterocycles. The molecule has 1 atom stereocenters. The van der Waals surface area contributed by atoms with Crippen LogP contribution in [0.25, 0.3) is 20.7 Å². The Labute approximate surface area is 171 Å². The van der Waals surface area contributed by atoms with Gasteiger partial charge in [0.05, 0.1) is 6.61 Å². The smallest absolute Gasteiger partial charge is 0.324 e. The van der Waals surface area contributed by atoms with Crippen LogP contribution in [0, 0.1) is 0 Å². The number of thiophene rings is 1.